The van der Waals surface area contributed by atoms with Crippen molar-refractivity contribution in [1.29, 1.82) is 0 Å². The van der Waals surface area contributed by atoms with Gasteiger partial charge in [0.2, 0.25) is 0 Å². The lowest BCUT2D eigenvalue weighted by Crippen LogP contribution is -2.30. The van der Waals surface area contributed by atoms with Gasteiger partial charge in [0, 0.05) is 19.3 Å². The molecule has 0 amide bonds. The first-order valence-corrected chi connectivity index (χ1v) is 31.1. The Bertz CT molecular complexity index is 1400. The Balaban J connectivity index is 4.25. The van der Waals surface area contributed by atoms with Crippen LogP contribution >= 0.6 is 0 Å². The largest absolute Gasteiger partial charge is 0.462 e. The Morgan fingerprint density at radius 2 is 0.562 bits per heavy atom. The lowest BCUT2D eigenvalue weighted by atomic mass is 10.0. The third-order valence-electron chi connectivity index (χ3n) is 13.4. The van der Waals surface area contributed by atoms with Crippen LogP contribution in [0, 0.1) is 0 Å². The maximum Gasteiger partial charge on any atom is 0.306 e. The average Bonchev–Trinajstić information content (AvgIpc) is 3.39. The van der Waals surface area contributed by atoms with Gasteiger partial charge in [-0.05, 0) is 89.9 Å². The standard InChI is InChI=1S/C67H116O6/c1-4-7-10-13-16-19-22-24-26-28-30-31-32-33-34-35-36-37-38-40-41-43-45-48-51-54-57-60-66(69)72-63-64(62-71-65(68)59-56-53-50-47-21-18-15-12-9-6-3)73-67(70)61-58-55-52-49-46-44-42-39-29-27-25-23-20-17-14-11-8-5-2/h7,10,12,15-16,19,24,26,30-31,33-34,36-37,64H,4-6,8-9,11,13-14,17-18,20-23,25,27-29,32,35,38-63H2,1-3H3/b10-7-,15-12-,19-16-,26-24-,31-30-,34-33-,37-36-. The molecule has 0 spiro atoms. The van der Waals surface area contributed by atoms with Gasteiger partial charge in [0.15, 0.2) is 6.10 Å². The average molecular weight is 1020 g/mol. The zero-order valence-electron chi connectivity index (χ0n) is 48.1. The molecule has 0 rings (SSSR count). The fourth-order valence-corrected chi connectivity index (χ4v) is 8.74. The van der Waals surface area contributed by atoms with Crippen LogP contribution in [0.3, 0.4) is 0 Å². The van der Waals surface area contributed by atoms with Gasteiger partial charge in [0.1, 0.15) is 13.2 Å². The van der Waals surface area contributed by atoms with Crippen LogP contribution in [0.1, 0.15) is 303 Å². The second kappa shape index (κ2) is 61.1. The van der Waals surface area contributed by atoms with E-state index in [1.54, 1.807) is 0 Å². The Morgan fingerprint density at radius 3 is 0.904 bits per heavy atom. The van der Waals surface area contributed by atoms with Crippen molar-refractivity contribution < 1.29 is 28.6 Å². The van der Waals surface area contributed by atoms with Crippen LogP contribution in [0.5, 0.6) is 0 Å². The van der Waals surface area contributed by atoms with E-state index in [0.29, 0.717) is 19.3 Å². The fraction of sp³-hybridized carbons (Fsp3) is 0.746. The molecule has 0 aliphatic heterocycles. The predicted octanol–water partition coefficient (Wildman–Crippen LogP) is 21.1. The highest BCUT2D eigenvalue weighted by atomic mass is 16.6. The first-order chi connectivity index (χ1) is 36.0. The van der Waals surface area contributed by atoms with Gasteiger partial charge in [0.25, 0.3) is 0 Å². The molecule has 0 bridgehead atoms. The van der Waals surface area contributed by atoms with Crippen LogP contribution in [-0.2, 0) is 28.6 Å². The van der Waals surface area contributed by atoms with E-state index in [-0.39, 0.29) is 31.1 Å². The van der Waals surface area contributed by atoms with Crippen LogP contribution in [0.2, 0.25) is 0 Å². The van der Waals surface area contributed by atoms with Gasteiger partial charge in [-0.3, -0.25) is 14.4 Å². The maximum absolute atomic E-state index is 12.9. The lowest BCUT2D eigenvalue weighted by molar-refractivity contribution is -0.167. The molecule has 0 fully saturated rings. The van der Waals surface area contributed by atoms with Crippen molar-refractivity contribution in [2.24, 2.45) is 0 Å². The molecule has 0 N–H and O–H groups in total. The molecule has 0 aromatic rings. The molecule has 6 nitrogen and oxygen atoms in total. The van der Waals surface area contributed by atoms with Crippen molar-refractivity contribution in [1.82, 2.24) is 0 Å². The summed E-state index contributed by atoms with van der Waals surface area (Å²) in [7, 11) is 0. The number of rotatable bonds is 56. The molecular weight excluding hydrogens is 901 g/mol. The Morgan fingerprint density at radius 1 is 0.288 bits per heavy atom. The first-order valence-electron chi connectivity index (χ1n) is 31.1. The van der Waals surface area contributed by atoms with Gasteiger partial charge < -0.3 is 14.2 Å². The summed E-state index contributed by atoms with van der Waals surface area (Å²) in [5, 5.41) is 0. The van der Waals surface area contributed by atoms with E-state index in [0.717, 1.165) is 116 Å². The van der Waals surface area contributed by atoms with Gasteiger partial charge in [-0.15, -0.1) is 0 Å². The summed E-state index contributed by atoms with van der Waals surface area (Å²) in [6, 6.07) is 0. The number of ether oxygens (including phenoxy) is 3. The maximum atomic E-state index is 12.9. The van der Waals surface area contributed by atoms with E-state index in [4.69, 9.17) is 14.2 Å². The Kier molecular flexibility index (Phi) is 58.3. The van der Waals surface area contributed by atoms with E-state index in [1.807, 2.05) is 0 Å². The van der Waals surface area contributed by atoms with Gasteiger partial charge in [-0.2, -0.15) is 0 Å². The van der Waals surface area contributed by atoms with Crippen LogP contribution in [0.25, 0.3) is 0 Å². The molecule has 1 atom stereocenters. The quantitative estimate of drug-likeness (QED) is 0.0261. The molecule has 0 heterocycles. The van der Waals surface area contributed by atoms with E-state index in [1.165, 1.54) is 148 Å². The number of allylic oxidation sites excluding steroid dienone is 14. The number of esters is 3. The van der Waals surface area contributed by atoms with E-state index in [2.05, 4.69) is 106 Å². The molecular formula is C67H116O6. The normalized spacial score (nSPS) is 12.6. The van der Waals surface area contributed by atoms with Crippen LogP contribution in [-0.4, -0.2) is 37.2 Å². The van der Waals surface area contributed by atoms with Gasteiger partial charge >= 0.3 is 17.9 Å². The van der Waals surface area contributed by atoms with E-state index in [9.17, 15) is 14.4 Å². The third-order valence-corrected chi connectivity index (χ3v) is 13.4. The molecule has 0 aliphatic rings. The highest BCUT2D eigenvalue weighted by Crippen LogP contribution is 2.17. The summed E-state index contributed by atoms with van der Waals surface area (Å²) in [4.78, 5) is 38.2. The number of carbonyl (C=O) groups excluding carboxylic acids is 3. The van der Waals surface area contributed by atoms with Crippen molar-refractivity contribution in [2.75, 3.05) is 13.2 Å². The SMILES string of the molecule is CC/C=C\C/C=C\C/C=C\C/C=C\C/C=C\C/C=C\CCCCCCCCCCC(=O)OCC(COC(=O)CCCCCCC/C=C\CCC)OC(=O)CCCCCCCCCCCCCCCCCCCC. The number of carbonyl (C=O) groups is 3. The minimum atomic E-state index is -0.781. The first kappa shape index (κ1) is 69.6. The van der Waals surface area contributed by atoms with Crippen molar-refractivity contribution in [3.05, 3.63) is 85.1 Å². The van der Waals surface area contributed by atoms with Crippen molar-refractivity contribution in [3.63, 3.8) is 0 Å². The monoisotopic (exact) mass is 1020 g/mol. The zero-order valence-corrected chi connectivity index (χ0v) is 48.1. The molecule has 0 aromatic heterocycles. The molecule has 0 aliphatic carbocycles. The topological polar surface area (TPSA) is 78.9 Å². The molecule has 0 saturated heterocycles. The minimum Gasteiger partial charge on any atom is -0.462 e. The number of hydrogen-bond acceptors (Lipinski definition) is 6. The number of hydrogen-bond donors (Lipinski definition) is 0. The summed E-state index contributed by atoms with van der Waals surface area (Å²) in [5.74, 6) is -0.888. The van der Waals surface area contributed by atoms with Crippen molar-refractivity contribution in [3.8, 4) is 0 Å². The van der Waals surface area contributed by atoms with Gasteiger partial charge in [0.05, 0.1) is 0 Å². The van der Waals surface area contributed by atoms with Crippen LogP contribution < -0.4 is 0 Å². The molecule has 0 saturated carbocycles. The van der Waals surface area contributed by atoms with Gasteiger partial charge in [-0.1, -0.05) is 279 Å². The molecule has 1 unspecified atom stereocenters. The van der Waals surface area contributed by atoms with E-state index < -0.39 is 6.10 Å². The summed E-state index contributed by atoms with van der Waals surface area (Å²) < 4.78 is 16.9. The second-order valence-electron chi connectivity index (χ2n) is 20.6. The summed E-state index contributed by atoms with van der Waals surface area (Å²) in [6.07, 6.45) is 80.2. The molecule has 420 valence electrons. The third kappa shape index (κ3) is 59.3. The summed E-state index contributed by atoms with van der Waals surface area (Å²) in [5.41, 5.74) is 0. The Labute approximate surface area is 452 Å². The van der Waals surface area contributed by atoms with Crippen LogP contribution in [0.15, 0.2) is 85.1 Å². The Hall–Kier alpha value is -3.41. The smallest absolute Gasteiger partial charge is 0.306 e. The summed E-state index contributed by atoms with van der Waals surface area (Å²) >= 11 is 0. The predicted molar refractivity (Wildman–Crippen MR) is 316 cm³/mol. The minimum absolute atomic E-state index is 0.0809. The molecule has 0 aromatic carbocycles. The van der Waals surface area contributed by atoms with Crippen molar-refractivity contribution >= 4 is 17.9 Å². The summed E-state index contributed by atoms with van der Waals surface area (Å²) in [6.45, 7) is 6.48. The number of unbranched alkanes of at least 4 members (excludes halogenated alkanes) is 31. The highest BCUT2D eigenvalue weighted by molar-refractivity contribution is 5.71. The molecule has 6 heteroatoms. The van der Waals surface area contributed by atoms with Gasteiger partial charge in [-0.25, -0.2) is 0 Å². The zero-order chi connectivity index (χ0) is 52.9. The highest BCUT2D eigenvalue weighted by Gasteiger charge is 2.19. The fourth-order valence-electron chi connectivity index (χ4n) is 8.74. The van der Waals surface area contributed by atoms with Crippen LogP contribution in [0.4, 0.5) is 0 Å². The lowest BCUT2D eigenvalue weighted by Gasteiger charge is -2.18. The second-order valence-corrected chi connectivity index (χ2v) is 20.6. The van der Waals surface area contributed by atoms with Crippen molar-refractivity contribution in [2.45, 2.75) is 309 Å². The molecule has 0 radical (unpaired) electrons. The van der Waals surface area contributed by atoms with E-state index >= 15 is 0 Å². The molecule has 73 heavy (non-hydrogen) atoms.